The van der Waals surface area contributed by atoms with E-state index in [-0.39, 0.29) is 12.0 Å². The van der Waals surface area contributed by atoms with Gasteiger partial charge in [0.05, 0.1) is 18.0 Å². The van der Waals surface area contributed by atoms with Crippen molar-refractivity contribution in [1.29, 1.82) is 0 Å². The summed E-state index contributed by atoms with van der Waals surface area (Å²) < 4.78 is 10.0. The van der Waals surface area contributed by atoms with Crippen molar-refractivity contribution in [1.82, 2.24) is 20.3 Å². The van der Waals surface area contributed by atoms with Gasteiger partial charge in [-0.2, -0.15) is 0 Å². The number of benzene rings is 1. The molecule has 158 valence electrons. The normalized spacial score (nSPS) is 10.9. The number of ether oxygens (including phenoxy) is 2. The van der Waals surface area contributed by atoms with Crippen LogP contribution in [0.25, 0.3) is 22.6 Å². The van der Waals surface area contributed by atoms with Crippen molar-refractivity contribution in [3.05, 3.63) is 42.1 Å². The van der Waals surface area contributed by atoms with Gasteiger partial charge in [-0.05, 0) is 38.5 Å². The topological polar surface area (TPSA) is 118 Å². The van der Waals surface area contributed by atoms with Gasteiger partial charge in [-0.15, -0.1) is 0 Å². The lowest BCUT2D eigenvalue weighted by Gasteiger charge is -2.08. The first kappa shape index (κ1) is 21.3. The first-order valence-electron chi connectivity index (χ1n) is 9.67. The van der Waals surface area contributed by atoms with Crippen molar-refractivity contribution in [2.75, 3.05) is 25.6 Å². The number of H-pyrrole nitrogens is 1. The molecule has 3 aromatic rings. The Bertz CT molecular complexity index is 1030. The molecule has 0 aliphatic rings. The lowest BCUT2D eigenvalue weighted by atomic mass is 10.1. The summed E-state index contributed by atoms with van der Waals surface area (Å²) in [6, 6.07) is 8.88. The van der Waals surface area contributed by atoms with Gasteiger partial charge in [-0.3, -0.25) is 10.1 Å². The molecule has 3 rings (SSSR count). The van der Waals surface area contributed by atoms with Crippen LogP contribution < -0.4 is 10.6 Å². The molecule has 2 heterocycles. The van der Waals surface area contributed by atoms with Crippen LogP contribution in [0, 0.1) is 0 Å². The molecular formula is C21H25N5O4. The van der Waals surface area contributed by atoms with E-state index in [1.807, 2.05) is 6.07 Å². The van der Waals surface area contributed by atoms with Crippen LogP contribution in [-0.2, 0) is 9.47 Å². The van der Waals surface area contributed by atoms with E-state index in [0.29, 0.717) is 41.4 Å². The average Bonchev–Trinajstić information content (AvgIpc) is 3.14. The highest BCUT2D eigenvalue weighted by molar-refractivity contribution is 5.95. The zero-order valence-corrected chi connectivity index (χ0v) is 17.2. The average molecular weight is 411 g/mol. The molecule has 0 spiro atoms. The highest BCUT2D eigenvalue weighted by atomic mass is 16.6. The third-order valence-corrected chi connectivity index (χ3v) is 4.13. The van der Waals surface area contributed by atoms with Crippen molar-refractivity contribution in [2.45, 2.75) is 26.4 Å². The van der Waals surface area contributed by atoms with Gasteiger partial charge in [0.1, 0.15) is 11.3 Å². The quantitative estimate of drug-likeness (QED) is 0.489. The molecule has 0 radical (unpaired) electrons. The molecule has 9 heteroatoms. The summed E-state index contributed by atoms with van der Waals surface area (Å²) in [4.78, 5) is 36.1. The fourth-order valence-corrected chi connectivity index (χ4v) is 2.79. The van der Waals surface area contributed by atoms with Gasteiger partial charge in [0.2, 0.25) is 0 Å². The Kier molecular flexibility index (Phi) is 6.97. The molecule has 0 unspecified atom stereocenters. The van der Waals surface area contributed by atoms with Gasteiger partial charge < -0.3 is 19.8 Å². The van der Waals surface area contributed by atoms with E-state index in [1.165, 1.54) is 6.20 Å². The largest absolute Gasteiger partial charge is 0.447 e. The lowest BCUT2D eigenvalue weighted by molar-refractivity contribution is 0.0948. The molecule has 0 saturated carbocycles. The van der Waals surface area contributed by atoms with Crippen molar-refractivity contribution >= 4 is 28.9 Å². The van der Waals surface area contributed by atoms with E-state index in [4.69, 9.17) is 9.47 Å². The fraction of sp³-hybridized carbons (Fsp3) is 0.333. The molecular weight excluding hydrogens is 386 g/mol. The lowest BCUT2D eigenvalue weighted by Crippen LogP contribution is -2.25. The Morgan fingerprint density at radius 2 is 2.07 bits per heavy atom. The van der Waals surface area contributed by atoms with Crippen molar-refractivity contribution < 1.29 is 19.1 Å². The van der Waals surface area contributed by atoms with E-state index in [9.17, 15) is 9.59 Å². The van der Waals surface area contributed by atoms with Crippen LogP contribution in [0.5, 0.6) is 0 Å². The van der Waals surface area contributed by atoms with E-state index < -0.39 is 6.09 Å². The second kappa shape index (κ2) is 9.84. The third-order valence-electron chi connectivity index (χ3n) is 4.13. The monoisotopic (exact) mass is 411 g/mol. The SMILES string of the molecule is COCCCNC(=O)c1cccc(-c2nc3cc(NC(=O)OC(C)C)cnc3[nH]2)c1. The number of fused-ring (bicyclic) bond motifs is 1. The van der Waals surface area contributed by atoms with E-state index >= 15 is 0 Å². The number of hydrogen-bond acceptors (Lipinski definition) is 6. The summed E-state index contributed by atoms with van der Waals surface area (Å²) in [6.45, 7) is 4.68. The number of aromatic amines is 1. The van der Waals surface area contributed by atoms with Crippen LogP contribution >= 0.6 is 0 Å². The van der Waals surface area contributed by atoms with Crippen LogP contribution in [-0.4, -0.2) is 53.3 Å². The molecule has 1 aromatic carbocycles. The van der Waals surface area contributed by atoms with E-state index in [1.54, 1.807) is 45.2 Å². The summed E-state index contributed by atoms with van der Waals surface area (Å²) in [5, 5.41) is 5.49. The highest BCUT2D eigenvalue weighted by Gasteiger charge is 2.12. The van der Waals surface area contributed by atoms with Gasteiger partial charge in [-0.1, -0.05) is 12.1 Å². The maximum Gasteiger partial charge on any atom is 0.411 e. The van der Waals surface area contributed by atoms with Gasteiger partial charge in [-0.25, -0.2) is 14.8 Å². The number of nitrogens with zero attached hydrogens (tertiary/aromatic N) is 2. The molecule has 2 amide bonds. The number of rotatable bonds is 8. The third kappa shape index (κ3) is 5.54. The number of pyridine rings is 1. The van der Waals surface area contributed by atoms with Crippen molar-refractivity contribution in [2.24, 2.45) is 0 Å². The number of anilines is 1. The van der Waals surface area contributed by atoms with E-state index in [2.05, 4.69) is 25.6 Å². The van der Waals surface area contributed by atoms with Gasteiger partial charge in [0, 0.05) is 31.4 Å². The van der Waals surface area contributed by atoms with Crippen molar-refractivity contribution in [3.63, 3.8) is 0 Å². The highest BCUT2D eigenvalue weighted by Crippen LogP contribution is 2.22. The van der Waals surface area contributed by atoms with Gasteiger partial charge in [0.25, 0.3) is 5.91 Å². The number of aromatic nitrogens is 3. The Labute approximate surface area is 174 Å². The second-order valence-corrected chi connectivity index (χ2v) is 6.94. The second-order valence-electron chi connectivity index (χ2n) is 6.94. The minimum atomic E-state index is -0.550. The van der Waals surface area contributed by atoms with E-state index in [0.717, 1.165) is 12.0 Å². The number of hydrogen-bond donors (Lipinski definition) is 3. The zero-order valence-electron chi connectivity index (χ0n) is 17.2. The van der Waals surface area contributed by atoms with Gasteiger partial charge >= 0.3 is 6.09 Å². The first-order chi connectivity index (χ1) is 14.5. The number of nitrogens with one attached hydrogen (secondary N) is 3. The maximum atomic E-state index is 12.3. The summed E-state index contributed by atoms with van der Waals surface area (Å²) in [5.41, 5.74) is 2.93. The minimum absolute atomic E-state index is 0.155. The number of carbonyl (C=O) groups is 2. The zero-order chi connectivity index (χ0) is 21.5. The molecule has 9 nitrogen and oxygen atoms in total. The molecule has 2 aromatic heterocycles. The summed E-state index contributed by atoms with van der Waals surface area (Å²) in [6.07, 6.45) is 1.50. The number of methoxy groups -OCH3 is 1. The fourth-order valence-electron chi connectivity index (χ4n) is 2.79. The minimum Gasteiger partial charge on any atom is -0.447 e. The van der Waals surface area contributed by atoms with Crippen molar-refractivity contribution in [3.8, 4) is 11.4 Å². The van der Waals surface area contributed by atoms with Gasteiger partial charge in [0.15, 0.2) is 5.65 Å². The number of imidazole rings is 1. The Morgan fingerprint density at radius 1 is 1.23 bits per heavy atom. The molecule has 0 atom stereocenters. The van der Waals surface area contributed by atoms with Crippen LogP contribution in [0.2, 0.25) is 0 Å². The Balaban J connectivity index is 1.75. The summed E-state index contributed by atoms with van der Waals surface area (Å²) in [7, 11) is 1.63. The predicted molar refractivity (Wildman–Crippen MR) is 113 cm³/mol. The van der Waals surface area contributed by atoms with Crippen LogP contribution in [0.3, 0.4) is 0 Å². The Hall–Kier alpha value is -3.46. The number of amides is 2. The molecule has 0 fully saturated rings. The van der Waals surface area contributed by atoms with Crippen LogP contribution in [0.4, 0.5) is 10.5 Å². The molecule has 30 heavy (non-hydrogen) atoms. The first-order valence-corrected chi connectivity index (χ1v) is 9.67. The molecule has 0 aliphatic heterocycles. The number of carbonyl (C=O) groups excluding carboxylic acids is 2. The molecule has 3 N–H and O–H groups in total. The Morgan fingerprint density at radius 3 is 2.83 bits per heavy atom. The maximum absolute atomic E-state index is 12.3. The van der Waals surface area contributed by atoms with Crippen LogP contribution in [0.15, 0.2) is 36.5 Å². The predicted octanol–water partition coefficient (Wildman–Crippen LogP) is 3.35. The summed E-state index contributed by atoms with van der Waals surface area (Å²) in [5.74, 6) is 0.422. The molecule has 0 bridgehead atoms. The summed E-state index contributed by atoms with van der Waals surface area (Å²) >= 11 is 0. The molecule has 0 aliphatic carbocycles. The van der Waals surface area contributed by atoms with Crippen LogP contribution in [0.1, 0.15) is 30.6 Å². The standard InChI is InChI=1S/C21H25N5O4/c1-13(2)30-21(28)24-16-11-17-19(23-12-16)26-18(25-17)14-6-4-7-15(10-14)20(27)22-8-5-9-29-3/h4,6-7,10-13H,5,8-9H2,1-3H3,(H,22,27)(H,24,28)(H,23,25,26). The molecule has 0 saturated heterocycles. The smallest absolute Gasteiger partial charge is 0.411 e.